The summed E-state index contributed by atoms with van der Waals surface area (Å²) in [6, 6.07) is -0.150. The van der Waals surface area contributed by atoms with E-state index in [1.54, 1.807) is 0 Å². The molecule has 1 amide bonds. The number of aromatic amines is 1. The monoisotopic (exact) mass is 354 g/mol. The second-order valence-corrected chi connectivity index (χ2v) is 8.93. The van der Waals surface area contributed by atoms with Crippen LogP contribution in [0.15, 0.2) is 0 Å². The van der Waals surface area contributed by atoms with Crippen molar-refractivity contribution in [3.8, 4) is 0 Å². The fourth-order valence-electron chi connectivity index (χ4n) is 3.83. The molecule has 2 atom stereocenters. The second-order valence-electron chi connectivity index (χ2n) is 6.95. The lowest BCUT2D eigenvalue weighted by Gasteiger charge is -2.19. The Morgan fingerprint density at radius 3 is 2.79 bits per heavy atom. The van der Waals surface area contributed by atoms with Crippen molar-refractivity contribution in [1.82, 2.24) is 19.8 Å². The number of nitrogens with zero attached hydrogens (tertiary/aromatic N) is 2. The van der Waals surface area contributed by atoms with Crippen LogP contribution in [0.3, 0.4) is 0 Å². The third-order valence-corrected chi connectivity index (χ3v) is 6.36. The normalized spacial score (nSPS) is 24.8. The van der Waals surface area contributed by atoms with Gasteiger partial charge in [0.2, 0.25) is 10.0 Å². The van der Waals surface area contributed by atoms with Crippen LogP contribution in [0, 0.1) is 5.92 Å². The average molecular weight is 354 g/mol. The largest absolute Gasteiger partial charge is 0.346 e. The standard InChI is InChI=1S/C16H26N4O3S/c1-3-6-11-9-20(24(2,22)23)10-14(11)17-16(21)15-12-7-4-5-8-13(12)18-19-15/h11,14H,3-10H2,1-2H3,(H,17,21)(H,18,19)/t11-,14-/m1/s1. The summed E-state index contributed by atoms with van der Waals surface area (Å²) in [4.78, 5) is 12.7. The van der Waals surface area contributed by atoms with E-state index in [4.69, 9.17) is 0 Å². The highest BCUT2D eigenvalue weighted by Crippen LogP contribution is 2.25. The maximum absolute atomic E-state index is 12.7. The smallest absolute Gasteiger partial charge is 0.272 e. The molecule has 0 bridgehead atoms. The van der Waals surface area contributed by atoms with Gasteiger partial charge < -0.3 is 5.32 Å². The number of aromatic nitrogens is 2. The molecular formula is C16H26N4O3S. The van der Waals surface area contributed by atoms with Crippen molar-refractivity contribution in [3.63, 3.8) is 0 Å². The number of fused-ring (bicyclic) bond motifs is 1. The summed E-state index contributed by atoms with van der Waals surface area (Å²) in [5.41, 5.74) is 2.59. The van der Waals surface area contributed by atoms with E-state index in [2.05, 4.69) is 22.4 Å². The molecule has 7 nitrogen and oxygen atoms in total. The van der Waals surface area contributed by atoms with Crippen LogP contribution < -0.4 is 5.32 Å². The van der Waals surface area contributed by atoms with Crippen LogP contribution in [0.4, 0.5) is 0 Å². The first-order valence-electron chi connectivity index (χ1n) is 8.72. The molecule has 24 heavy (non-hydrogen) atoms. The molecule has 2 aliphatic rings. The number of amides is 1. The number of hydrogen-bond donors (Lipinski definition) is 2. The van der Waals surface area contributed by atoms with Gasteiger partial charge >= 0.3 is 0 Å². The van der Waals surface area contributed by atoms with E-state index < -0.39 is 10.0 Å². The Hall–Kier alpha value is -1.41. The number of rotatable bonds is 5. The molecule has 0 unspecified atom stereocenters. The van der Waals surface area contributed by atoms with Gasteiger partial charge in [-0.3, -0.25) is 9.89 Å². The summed E-state index contributed by atoms with van der Waals surface area (Å²) < 4.78 is 25.1. The Kier molecular flexibility index (Phi) is 4.96. The predicted octanol–water partition coefficient (Wildman–Crippen LogP) is 1.08. The molecule has 2 N–H and O–H groups in total. The summed E-state index contributed by atoms with van der Waals surface area (Å²) in [5.74, 6) is -0.0284. The molecule has 1 aromatic heterocycles. The fraction of sp³-hybridized carbons (Fsp3) is 0.750. The lowest BCUT2D eigenvalue weighted by molar-refractivity contribution is 0.0923. The molecular weight excluding hydrogens is 328 g/mol. The SMILES string of the molecule is CCC[C@@H]1CN(S(C)(=O)=O)C[C@H]1NC(=O)c1n[nH]c2c1CCCC2. The Bertz CT molecular complexity index is 713. The molecule has 1 saturated heterocycles. The van der Waals surface area contributed by atoms with Gasteiger partial charge in [-0.15, -0.1) is 0 Å². The predicted molar refractivity (Wildman–Crippen MR) is 91.3 cm³/mol. The van der Waals surface area contributed by atoms with Crippen molar-refractivity contribution in [3.05, 3.63) is 17.0 Å². The number of sulfonamides is 1. The van der Waals surface area contributed by atoms with Gasteiger partial charge in [-0.2, -0.15) is 9.40 Å². The fourth-order valence-corrected chi connectivity index (χ4v) is 4.73. The number of nitrogens with one attached hydrogen (secondary N) is 2. The summed E-state index contributed by atoms with van der Waals surface area (Å²) in [5, 5.41) is 10.2. The summed E-state index contributed by atoms with van der Waals surface area (Å²) in [7, 11) is -3.23. The molecule has 134 valence electrons. The van der Waals surface area contributed by atoms with Crippen molar-refractivity contribution in [1.29, 1.82) is 0 Å². The maximum atomic E-state index is 12.7. The molecule has 3 rings (SSSR count). The number of H-pyrrole nitrogens is 1. The van der Waals surface area contributed by atoms with Crippen molar-refractivity contribution >= 4 is 15.9 Å². The van der Waals surface area contributed by atoms with E-state index in [1.165, 1.54) is 10.6 Å². The molecule has 1 aliphatic heterocycles. The van der Waals surface area contributed by atoms with Gasteiger partial charge in [0.05, 0.1) is 6.26 Å². The van der Waals surface area contributed by atoms with Gasteiger partial charge in [0.1, 0.15) is 0 Å². The Balaban J connectivity index is 1.74. The first kappa shape index (κ1) is 17.4. The van der Waals surface area contributed by atoms with E-state index >= 15 is 0 Å². The summed E-state index contributed by atoms with van der Waals surface area (Å²) >= 11 is 0. The van der Waals surface area contributed by atoms with Gasteiger partial charge in [-0.1, -0.05) is 13.3 Å². The van der Waals surface area contributed by atoms with E-state index in [0.717, 1.165) is 49.8 Å². The summed E-state index contributed by atoms with van der Waals surface area (Å²) in [6.07, 6.45) is 7.12. The average Bonchev–Trinajstić information content (AvgIpc) is 3.12. The highest BCUT2D eigenvalue weighted by molar-refractivity contribution is 7.88. The van der Waals surface area contributed by atoms with Crippen LogP contribution in [0.1, 0.15) is 54.4 Å². The van der Waals surface area contributed by atoms with Gasteiger partial charge in [0, 0.05) is 30.4 Å². The molecule has 0 radical (unpaired) electrons. The second kappa shape index (κ2) is 6.84. The minimum atomic E-state index is -3.23. The Morgan fingerprint density at radius 2 is 2.08 bits per heavy atom. The number of aryl methyl sites for hydroxylation is 1. The first-order valence-corrected chi connectivity index (χ1v) is 10.6. The maximum Gasteiger partial charge on any atom is 0.272 e. The lowest BCUT2D eigenvalue weighted by Crippen LogP contribution is -2.41. The van der Waals surface area contributed by atoms with Crippen molar-refractivity contribution in [2.75, 3.05) is 19.3 Å². The third-order valence-electron chi connectivity index (χ3n) is 5.12. The number of hydrogen-bond acceptors (Lipinski definition) is 4. The van der Waals surface area contributed by atoms with Gasteiger partial charge in [-0.25, -0.2) is 8.42 Å². The molecule has 2 heterocycles. The molecule has 1 aromatic rings. The molecule has 0 aromatic carbocycles. The van der Waals surface area contributed by atoms with Crippen molar-refractivity contribution in [2.24, 2.45) is 5.92 Å². The quantitative estimate of drug-likeness (QED) is 0.827. The zero-order chi connectivity index (χ0) is 17.3. The Labute approximate surface area is 143 Å². The van der Waals surface area contributed by atoms with E-state index in [0.29, 0.717) is 18.8 Å². The number of carbonyl (C=O) groups excluding carboxylic acids is 1. The van der Waals surface area contributed by atoms with Crippen molar-refractivity contribution < 1.29 is 13.2 Å². The highest BCUT2D eigenvalue weighted by atomic mass is 32.2. The first-order chi connectivity index (χ1) is 11.4. The summed E-state index contributed by atoms with van der Waals surface area (Å²) in [6.45, 7) is 2.91. The zero-order valence-corrected chi connectivity index (χ0v) is 15.2. The Morgan fingerprint density at radius 1 is 1.33 bits per heavy atom. The van der Waals surface area contributed by atoms with Crippen LogP contribution in [0.5, 0.6) is 0 Å². The zero-order valence-electron chi connectivity index (χ0n) is 14.3. The van der Waals surface area contributed by atoms with Crippen LogP contribution in [-0.4, -0.2) is 54.2 Å². The van der Waals surface area contributed by atoms with Crippen LogP contribution in [0.2, 0.25) is 0 Å². The molecule has 0 spiro atoms. The van der Waals surface area contributed by atoms with Crippen LogP contribution in [-0.2, 0) is 22.9 Å². The van der Waals surface area contributed by atoms with Crippen molar-refractivity contribution in [2.45, 2.75) is 51.5 Å². The molecule has 0 saturated carbocycles. The van der Waals surface area contributed by atoms with E-state index in [-0.39, 0.29) is 17.9 Å². The van der Waals surface area contributed by atoms with Gasteiger partial charge in [0.25, 0.3) is 5.91 Å². The third kappa shape index (κ3) is 3.49. The molecule has 8 heteroatoms. The van der Waals surface area contributed by atoms with E-state index in [9.17, 15) is 13.2 Å². The van der Waals surface area contributed by atoms with Crippen LogP contribution >= 0.6 is 0 Å². The topological polar surface area (TPSA) is 95.2 Å². The highest BCUT2D eigenvalue weighted by Gasteiger charge is 2.38. The lowest BCUT2D eigenvalue weighted by atomic mass is 9.95. The molecule has 1 aliphatic carbocycles. The molecule has 1 fully saturated rings. The minimum Gasteiger partial charge on any atom is -0.346 e. The minimum absolute atomic E-state index is 0.150. The van der Waals surface area contributed by atoms with Gasteiger partial charge in [-0.05, 0) is 38.0 Å². The van der Waals surface area contributed by atoms with E-state index in [1.807, 2.05) is 0 Å². The number of carbonyl (C=O) groups is 1. The van der Waals surface area contributed by atoms with Gasteiger partial charge in [0.15, 0.2) is 5.69 Å². The van der Waals surface area contributed by atoms with Crippen LogP contribution in [0.25, 0.3) is 0 Å².